The molecule has 1 heterocycles. The first-order valence-electron chi connectivity index (χ1n) is 5.70. The minimum atomic E-state index is -4.43. The minimum Gasteiger partial charge on any atom is -0.386 e. The summed E-state index contributed by atoms with van der Waals surface area (Å²) in [6, 6.07) is -0.174. The quantitative estimate of drug-likeness (QED) is 0.827. The number of rotatable bonds is 1. The normalized spacial score (nSPS) is 30.6. The molecule has 0 spiro atoms. The van der Waals surface area contributed by atoms with Crippen LogP contribution < -0.4 is 0 Å². The van der Waals surface area contributed by atoms with Crippen LogP contribution >= 0.6 is 0 Å². The average molecular weight is 246 g/mol. The summed E-state index contributed by atoms with van der Waals surface area (Å²) >= 11 is 0. The maximum Gasteiger partial charge on any atom is 0.435 e. The fourth-order valence-electron chi connectivity index (χ4n) is 2.82. The predicted molar refractivity (Wildman–Crippen MR) is 53.4 cm³/mol. The molecular formula is C11H13F3N2O. The SMILES string of the molecule is CC(C)n1nc(C(F)(F)F)c2c1C(O)C1CC21. The van der Waals surface area contributed by atoms with Crippen LogP contribution in [0.2, 0.25) is 0 Å². The molecule has 0 saturated heterocycles. The van der Waals surface area contributed by atoms with Gasteiger partial charge in [-0.05, 0) is 32.1 Å². The second kappa shape index (κ2) is 3.04. The van der Waals surface area contributed by atoms with E-state index in [1.165, 1.54) is 4.68 Å². The number of hydrogen-bond donors (Lipinski definition) is 1. The number of nitrogens with zero attached hydrogens (tertiary/aromatic N) is 2. The summed E-state index contributed by atoms with van der Waals surface area (Å²) in [7, 11) is 0. The van der Waals surface area contributed by atoms with Crippen LogP contribution in [0.5, 0.6) is 0 Å². The van der Waals surface area contributed by atoms with Gasteiger partial charge >= 0.3 is 6.18 Å². The van der Waals surface area contributed by atoms with E-state index in [0.29, 0.717) is 12.1 Å². The highest BCUT2D eigenvalue weighted by atomic mass is 19.4. The molecule has 1 aromatic heterocycles. The number of alkyl halides is 3. The molecule has 94 valence electrons. The van der Waals surface area contributed by atoms with Crippen molar-refractivity contribution in [1.82, 2.24) is 9.78 Å². The highest BCUT2D eigenvalue weighted by Gasteiger charge is 2.58. The molecule has 3 unspecified atom stereocenters. The highest BCUT2D eigenvalue weighted by molar-refractivity contribution is 5.44. The number of aliphatic hydroxyl groups excluding tert-OH is 1. The van der Waals surface area contributed by atoms with E-state index >= 15 is 0 Å². The summed E-state index contributed by atoms with van der Waals surface area (Å²) in [6.07, 6.45) is -4.55. The third-order valence-corrected chi connectivity index (χ3v) is 3.64. The number of fused-ring (bicyclic) bond motifs is 3. The predicted octanol–water partition coefficient (Wildman–Crippen LogP) is 2.63. The van der Waals surface area contributed by atoms with Crippen molar-refractivity contribution in [3.05, 3.63) is 17.0 Å². The van der Waals surface area contributed by atoms with Gasteiger partial charge in [-0.3, -0.25) is 4.68 Å². The van der Waals surface area contributed by atoms with Crippen LogP contribution in [0.1, 0.15) is 55.3 Å². The Morgan fingerprint density at radius 3 is 2.59 bits per heavy atom. The monoisotopic (exact) mass is 246 g/mol. The molecule has 3 rings (SSSR count). The maximum absolute atomic E-state index is 12.9. The molecule has 3 nitrogen and oxygen atoms in total. The van der Waals surface area contributed by atoms with Gasteiger partial charge in [0.25, 0.3) is 0 Å². The zero-order chi connectivity index (χ0) is 12.5. The van der Waals surface area contributed by atoms with E-state index in [1.54, 1.807) is 13.8 Å². The first kappa shape index (κ1) is 11.1. The molecule has 0 amide bonds. The second-order valence-electron chi connectivity index (χ2n) is 5.13. The third kappa shape index (κ3) is 1.36. The Labute approximate surface area is 96.2 Å². The van der Waals surface area contributed by atoms with Gasteiger partial charge in [-0.1, -0.05) is 0 Å². The Morgan fingerprint density at radius 2 is 2.06 bits per heavy atom. The maximum atomic E-state index is 12.9. The Hall–Kier alpha value is -1.04. The van der Waals surface area contributed by atoms with Gasteiger partial charge in [0.1, 0.15) is 0 Å². The summed E-state index contributed by atoms with van der Waals surface area (Å²) in [5.41, 5.74) is -0.178. The van der Waals surface area contributed by atoms with Gasteiger partial charge in [-0.15, -0.1) is 0 Å². The van der Waals surface area contributed by atoms with E-state index in [-0.39, 0.29) is 23.4 Å². The number of aliphatic hydroxyl groups is 1. The van der Waals surface area contributed by atoms with Crippen LogP contribution in [0.15, 0.2) is 0 Å². The zero-order valence-electron chi connectivity index (χ0n) is 9.49. The van der Waals surface area contributed by atoms with Crippen LogP contribution in [0.3, 0.4) is 0 Å². The molecule has 3 atom stereocenters. The van der Waals surface area contributed by atoms with Crippen LogP contribution in [0.25, 0.3) is 0 Å². The molecule has 2 aliphatic carbocycles. The van der Waals surface area contributed by atoms with Gasteiger partial charge in [-0.25, -0.2) is 0 Å². The number of hydrogen-bond acceptors (Lipinski definition) is 2. The smallest absolute Gasteiger partial charge is 0.386 e. The van der Waals surface area contributed by atoms with Gasteiger partial charge < -0.3 is 5.11 Å². The first-order chi connectivity index (χ1) is 7.82. The van der Waals surface area contributed by atoms with Gasteiger partial charge in [0.15, 0.2) is 5.69 Å². The van der Waals surface area contributed by atoms with Crippen LogP contribution in [-0.4, -0.2) is 14.9 Å². The van der Waals surface area contributed by atoms with Crippen molar-refractivity contribution in [2.75, 3.05) is 0 Å². The van der Waals surface area contributed by atoms with Crippen molar-refractivity contribution in [2.45, 2.75) is 44.5 Å². The fraction of sp³-hybridized carbons (Fsp3) is 0.727. The summed E-state index contributed by atoms with van der Waals surface area (Å²) < 4.78 is 40.0. The van der Waals surface area contributed by atoms with Crippen molar-refractivity contribution in [1.29, 1.82) is 0 Å². The van der Waals surface area contributed by atoms with Crippen LogP contribution in [0.4, 0.5) is 13.2 Å². The number of aromatic nitrogens is 2. The number of halogens is 3. The van der Waals surface area contributed by atoms with E-state index in [9.17, 15) is 18.3 Å². The van der Waals surface area contributed by atoms with Crippen molar-refractivity contribution < 1.29 is 18.3 Å². The van der Waals surface area contributed by atoms with Gasteiger partial charge in [0.2, 0.25) is 0 Å². The highest BCUT2D eigenvalue weighted by Crippen LogP contribution is 2.64. The lowest BCUT2D eigenvalue weighted by Gasteiger charge is -2.13. The molecule has 1 saturated carbocycles. The molecular weight excluding hydrogens is 233 g/mol. The zero-order valence-corrected chi connectivity index (χ0v) is 9.49. The molecule has 6 heteroatoms. The van der Waals surface area contributed by atoms with Crippen molar-refractivity contribution in [3.8, 4) is 0 Å². The van der Waals surface area contributed by atoms with Gasteiger partial charge in [-0.2, -0.15) is 18.3 Å². The molecule has 2 aliphatic rings. The van der Waals surface area contributed by atoms with E-state index in [4.69, 9.17) is 0 Å². The lowest BCUT2D eigenvalue weighted by Crippen LogP contribution is -2.13. The lowest BCUT2D eigenvalue weighted by molar-refractivity contribution is -0.142. The Balaban J connectivity index is 2.20. The Bertz CT molecular complexity index is 478. The van der Waals surface area contributed by atoms with E-state index in [1.807, 2.05) is 0 Å². The van der Waals surface area contributed by atoms with Crippen molar-refractivity contribution in [3.63, 3.8) is 0 Å². The summed E-state index contributed by atoms with van der Waals surface area (Å²) in [5.74, 6) is -0.154. The first-order valence-corrected chi connectivity index (χ1v) is 5.70. The largest absolute Gasteiger partial charge is 0.435 e. The Kier molecular flexibility index (Phi) is 1.98. The molecule has 0 bridgehead atoms. The van der Waals surface area contributed by atoms with Crippen LogP contribution in [-0.2, 0) is 6.18 Å². The molecule has 1 aromatic rings. The van der Waals surface area contributed by atoms with E-state index < -0.39 is 18.0 Å². The van der Waals surface area contributed by atoms with Gasteiger partial charge in [0, 0.05) is 11.6 Å². The molecule has 0 radical (unpaired) electrons. The molecule has 1 fully saturated rings. The summed E-state index contributed by atoms with van der Waals surface area (Å²) in [6.45, 7) is 3.54. The van der Waals surface area contributed by atoms with Crippen molar-refractivity contribution in [2.24, 2.45) is 5.92 Å². The molecule has 17 heavy (non-hydrogen) atoms. The Morgan fingerprint density at radius 1 is 1.41 bits per heavy atom. The minimum absolute atomic E-state index is 0.0194. The van der Waals surface area contributed by atoms with E-state index in [2.05, 4.69) is 5.10 Å². The molecule has 0 aliphatic heterocycles. The van der Waals surface area contributed by atoms with Gasteiger partial charge in [0.05, 0.1) is 11.8 Å². The summed E-state index contributed by atoms with van der Waals surface area (Å²) in [4.78, 5) is 0. The fourth-order valence-corrected chi connectivity index (χ4v) is 2.82. The summed E-state index contributed by atoms with van der Waals surface area (Å²) in [5, 5.41) is 13.6. The standard InChI is InChI=1S/C11H13F3N2O/c1-4(2)16-8-7(5-3-6(5)9(8)17)10(15-16)11(12,13)14/h4-6,9,17H,3H2,1-2H3. The molecule has 1 N–H and O–H groups in total. The average Bonchev–Trinajstić information content (AvgIpc) is 2.77. The topological polar surface area (TPSA) is 38.0 Å². The molecule has 0 aromatic carbocycles. The lowest BCUT2D eigenvalue weighted by atomic mass is 10.1. The third-order valence-electron chi connectivity index (χ3n) is 3.64. The van der Waals surface area contributed by atoms with Crippen LogP contribution in [0, 0.1) is 5.92 Å². The van der Waals surface area contributed by atoms with E-state index in [0.717, 1.165) is 0 Å². The van der Waals surface area contributed by atoms with Crippen molar-refractivity contribution >= 4 is 0 Å². The second-order valence-corrected chi connectivity index (χ2v) is 5.13.